The first-order chi connectivity index (χ1) is 7.65. The van der Waals surface area contributed by atoms with Crippen molar-refractivity contribution in [2.24, 2.45) is 7.05 Å². The molecule has 4 heteroatoms. The lowest BCUT2D eigenvalue weighted by atomic mass is 10.2. The Balaban J connectivity index is 2.02. The lowest BCUT2D eigenvalue weighted by Gasteiger charge is -2.04. The summed E-state index contributed by atoms with van der Waals surface area (Å²) < 4.78 is 1.79. The van der Waals surface area contributed by atoms with Gasteiger partial charge in [0.05, 0.1) is 11.4 Å². The van der Waals surface area contributed by atoms with E-state index < -0.39 is 0 Å². The third-order valence-electron chi connectivity index (χ3n) is 2.43. The molecule has 16 heavy (non-hydrogen) atoms. The number of nitrogens with one attached hydrogen (secondary N) is 1. The fourth-order valence-electron chi connectivity index (χ4n) is 1.58. The number of anilines is 1. The van der Waals surface area contributed by atoms with E-state index in [-0.39, 0.29) is 0 Å². The molecule has 0 saturated heterocycles. The maximum absolute atomic E-state index is 9.16. The van der Waals surface area contributed by atoms with Gasteiger partial charge in [0, 0.05) is 19.8 Å². The van der Waals surface area contributed by atoms with Crippen molar-refractivity contribution < 1.29 is 5.11 Å². The summed E-state index contributed by atoms with van der Waals surface area (Å²) in [4.78, 5) is 0. The first kappa shape index (κ1) is 10.5. The van der Waals surface area contributed by atoms with E-state index >= 15 is 0 Å². The van der Waals surface area contributed by atoms with Gasteiger partial charge in [0.15, 0.2) is 0 Å². The Morgan fingerprint density at radius 3 is 2.56 bits per heavy atom. The molecule has 1 aromatic heterocycles. The minimum atomic E-state index is 0.293. The predicted molar refractivity (Wildman–Crippen MR) is 63.4 cm³/mol. The molecule has 0 atom stereocenters. The molecule has 2 aromatic rings. The maximum Gasteiger partial charge on any atom is 0.115 e. The molecule has 0 amide bonds. The largest absolute Gasteiger partial charge is 0.508 e. The van der Waals surface area contributed by atoms with Crippen LogP contribution in [0.1, 0.15) is 11.3 Å². The van der Waals surface area contributed by atoms with Gasteiger partial charge in [-0.3, -0.25) is 4.68 Å². The summed E-state index contributed by atoms with van der Waals surface area (Å²) in [5, 5.41) is 16.7. The molecule has 0 fully saturated rings. The first-order valence-electron chi connectivity index (χ1n) is 5.17. The summed E-state index contributed by atoms with van der Waals surface area (Å²) in [6.07, 6.45) is 1.95. The summed E-state index contributed by atoms with van der Waals surface area (Å²) in [5.74, 6) is 0.293. The molecule has 0 saturated carbocycles. The normalized spacial score (nSPS) is 10.4. The fourth-order valence-corrected chi connectivity index (χ4v) is 1.58. The van der Waals surface area contributed by atoms with E-state index in [2.05, 4.69) is 10.4 Å². The quantitative estimate of drug-likeness (QED) is 0.827. The molecule has 0 spiro atoms. The molecule has 0 bridgehead atoms. The van der Waals surface area contributed by atoms with Crippen molar-refractivity contribution in [3.05, 3.63) is 41.7 Å². The third-order valence-corrected chi connectivity index (χ3v) is 2.43. The number of hydrogen-bond acceptors (Lipinski definition) is 3. The van der Waals surface area contributed by atoms with Crippen molar-refractivity contribution in [1.82, 2.24) is 9.78 Å². The lowest BCUT2D eigenvalue weighted by Crippen LogP contribution is -1.99. The van der Waals surface area contributed by atoms with Gasteiger partial charge < -0.3 is 10.4 Å². The predicted octanol–water partition coefficient (Wildman–Crippen LogP) is 2.05. The molecule has 0 aliphatic carbocycles. The number of benzene rings is 1. The van der Waals surface area contributed by atoms with Crippen LogP contribution in [0.4, 0.5) is 5.69 Å². The molecule has 84 valence electrons. The maximum atomic E-state index is 9.16. The van der Waals surface area contributed by atoms with E-state index in [1.54, 1.807) is 16.8 Å². The van der Waals surface area contributed by atoms with Crippen LogP contribution in [-0.4, -0.2) is 14.9 Å². The third kappa shape index (κ3) is 2.34. The highest BCUT2D eigenvalue weighted by Crippen LogP contribution is 2.14. The molecular weight excluding hydrogens is 202 g/mol. The highest BCUT2D eigenvalue weighted by Gasteiger charge is 2.01. The van der Waals surface area contributed by atoms with Gasteiger partial charge in [-0.2, -0.15) is 5.10 Å². The Labute approximate surface area is 94.5 Å². The van der Waals surface area contributed by atoms with Crippen LogP contribution in [0.2, 0.25) is 0 Å². The Morgan fingerprint density at radius 2 is 2.00 bits per heavy atom. The summed E-state index contributed by atoms with van der Waals surface area (Å²) in [6.45, 7) is 2.70. The number of nitrogens with zero attached hydrogens (tertiary/aromatic N) is 2. The van der Waals surface area contributed by atoms with E-state index in [0.29, 0.717) is 5.75 Å². The number of phenolic OH excluding ortho intramolecular Hbond substituents is 1. The summed E-state index contributed by atoms with van der Waals surface area (Å²) in [5.41, 5.74) is 3.15. The molecule has 2 rings (SSSR count). The van der Waals surface area contributed by atoms with Gasteiger partial charge in [0.1, 0.15) is 5.75 Å². The molecule has 1 heterocycles. The number of aromatic nitrogens is 2. The monoisotopic (exact) mass is 217 g/mol. The van der Waals surface area contributed by atoms with Crippen molar-refractivity contribution in [1.29, 1.82) is 0 Å². The zero-order valence-electron chi connectivity index (χ0n) is 9.44. The van der Waals surface area contributed by atoms with Crippen LogP contribution in [-0.2, 0) is 13.6 Å². The minimum Gasteiger partial charge on any atom is -0.508 e. The molecule has 4 nitrogen and oxygen atoms in total. The van der Waals surface area contributed by atoms with Crippen molar-refractivity contribution in [3.8, 4) is 5.75 Å². The topological polar surface area (TPSA) is 50.1 Å². The minimum absolute atomic E-state index is 0.293. The van der Waals surface area contributed by atoms with Gasteiger partial charge in [-0.25, -0.2) is 0 Å². The average Bonchev–Trinajstić information content (AvgIpc) is 2.57. The number of aryl methyl sites for hydroxylation is 2. The summed E-state index contributed by atoms with van der Waals surface area (Å²) in [6, 6.07) is 7.17. The zero-order valence-corrected chi connectivity index (χ0v) is 9.44. The number of hydrogen-bond donors (Lipinski definition) is 2. The molecule has 2 N–H and O–H groups in total. The number of aromatic hydroxyl groups is 1. The second-order valence-corrected chi connectivity index (χ2v) is 3.82. The number of rotatable bonds is 3. The van der Waals surface area contributed by atoms with Gasteiger partial charge in [0.25, 0.3) is 0 Å². The van der Waals surface area contributed by atoms with Crippen molar-refractivity contribution in [2.45, 2.75) is 13.5 Å². The number of phenols is 1. The molecule has 0 unspecified atom stereocenters. The van der Waals surface area contributed by atoms with Crippen LogP contribution >= 0.6 is 0 Å². The summed E-state index contributed by atoms with van der Waals surface area (Å²) in [7, 11) is 1.90. The van der Waals surface area contributed by atoms with Crippen molar-refractivity contribution in [2.75, 3.05) is 5.32 Å². The smallest absolute Gasteiger partial charge is 0.115 e. The van der Waals surface area contributed by atoms with Crippen LogP contribution in [0.15, 0.2) is 30.5 Å². The second-order valence-electron chi connectivity index (χ2n) is 3.82. The van der Waals surface area contributed by atoms with E-state index in [4.69, 9.17) is 5.11 Å². The van der Waals surface area contributed by atoms with Gasteiger partial charge in [-0.05, 0) is 24.6 Å². The van der Waals surface area contributed by atoms with E-state index in [9.17, 15) is 0 Å². The van der Waals surface area contributed by atoms with Crippen LogP contribution in [0.25, 0.3) is 0 Å². The van der Waals surface area contributed by atoms with Gasteiger partial charge >= 0.3 is 0 Å². The molecule has 0 radical (unpaired) electrons. The lowest BCUT2D eigenvalue weighted by molar-refractivity contribution is 0.475. The van der Waals surface area contributed by atoms with E-state index in [1.807, 2.05) is 32.3 Å². The average molecular weight is 217 g/mol. The van der Waals surface area contributed by atoms with Gasteiger partial charge in [0.2, 0.25) is 0 Å². The Morgan fingerprint density at radius 1 is 1.31 bits per heavy atom. The van der Waals surface area contributed by atoms with Crippen LogP contribution in [0, 0.1) is 6.92 Å². The van der Waals surface area contributed by atoms with Crippen LogP contribution in [0.5, 0.6) is 5.75 Å². The Bertz CT molecular complexity index is 474. The summed E-state index contributed by atoms with van der Waals surface area (Å²) >= 11 is 0. The fraction of sp³-hybridized carbons (Fsp3) is 0.250. The Kier molecular flexibility index (Phi) is 2.81. The zero-order chi connectivity index (χ0) is 11.5. The van der Waals surface area contributed by atoms with Crippen molar-refractivity contribution >= 4 is 5.69 Å². The second kappa shape index (κ2) is 4.26. The van der Waals surface area contributed by atoms with E-state index in [1.165, 1.54) is 0 Å². The Hall–Kier alpha value is -1.97. The van der Waals surface area contributed by atoms with Crippen molar-refractivity contribution in [3.63, 3.8) is 0 Å². The first-order valence-corrected chi connectivity index (χ1v) is 5.17. The molecular formula is C12H15N3O. The highest BCUT2D eigenvalue weighted by atomic mass is 16.3. The van der Waals surface area contributed by atoms with E-state index in [0.717, 1.165) is 23.5 Å². The highest BCUT2D eigenvalue weighted by molar-refractivity contribution is 5.46. The molecule has 1 aromatic carbocycles. The van der Waals surface area contributed by atoms with Crippen LogP contribution < -0.4 is 5.32 Å². The van der Waals surface area contributed by atoms with Gasteiger partial charge in [-0.1, -0.05) is 12.1 Å². The SMILES string of the molecule is Cc1nn(C)cc1NCc1ccc(O)cc1. The molecule has 0 aliphatic heterocycles. The molecule has 0 aliphatic rings. The van der Waals surface area contributed by atoms with Gasteiger partial charge in [-0.15, -0.1) is 0 Å². The van der Waals surface area contributed by atoms with Crippen LogP contribution in [0.3, 0.4) is 0 Å². The standard InChI is InChI=1S/C12H15N3O/c1-9-12(8-15(2)14-9)13-7-10-3-5-11(16)6-4-10/h3-6,8,13,16H,7H2,1-2H3.